The van der Waals surface area contributed by atoms with Gasteiger partial charge in [-0.15, -0.1) is 0 Å². The van der Waals surface area contributed by atoms with Crippen molar-refractivity contribution in [3.05, 3.63) is 60.7 Å². The molecule has 36 heavy (non-hydrogen) atoms. The van der Waals surface area contributed by atoms with Crippen molar-refractivity contribution >= 4 is 24.9 Å². The molecular weight excluding hydrogens is 438 g/mol. The first-order valence-electron chi connectivity index (χ1n) is 14.2. The average molecular weight is 486 g/mol. The summed E-state index contributed by atoms with van der Waals surface area (Å²) >= 11 is 0. The van der Waals surface area contributed by atoms with Crippen LogP contribution in [0.1, 0.15) is 68.2 Å². The molecule has 0 spiro atoms. The maximum Gasteiger partial charge on any atom is 0.347 e. The van der Waals surface area contributed by atoms with Gasteiger partial charge in [0.15, 0.2) is 0 Å². The summed E-state index contributed by atoms with van der Waals surface area (Å²) in [5.41, 5.74) is 3.10. The summed E-state index contributed by atoms with van der Waals surface area (Å²) in [6.45, 7) is 24.4. The van der Waals surface area contributed by atoms with Gasteiger partial charge in [-0.1, -0.05) is 81.4 Å². The van der Waals surface area contributed by atoms with Gasteiger partial charge in [-0.25, -0.2) is 0 Å². The van der Waals surface area contributed by atoms with Crippen molar-refractivity contribution in [2.24, 2.45) is 0 Å². The van der Waals surface area contributed by atoms with Crippen LogP contribution in [0.2, 0.25) is 0 Å². The molecule has 2 heterocycles. The van der Waals surface area contributed by atoms with E-state index in [0.29, 0.717) is 26.0 Å². The van der Waals surface area contributed by atoms with Gasteiger partial charge in [0.2, 0.25) is 0 Å². The van der Waals surface area contributed by atoms with Crippen LogP contribution in [0.5, 0.6) is 0 Å². The van der Waals surface area contributed by atoms with E-state index < -0.39 is 0 Å². The molecule has 0 radical (unpaired) electrons. The van der Waals surface area contributed by atoms with Gasteiger partial charge in [0.25, 0.3) is 0 Å². The standard InChI is InChI=1S/C30H48B2N4/c1-25(2)33-21-22-34(31(33)27-15-11-9-12-16-27)26(3)19-20-30(7,8)36-24-23-35(29(4,5)6)32(36)28-17-13-10-14-18-28/h9-18,25-26H,19-24H2,1-8H3. The molecule has 0 bridgehead atoms. The molecule has 2 fully saturated rings. The zero-order chi connectivity index (χ0) is 26.1. The molecule has 194 valence electrons. The van der Waals surface area contributed by atoms with E-state index in [0.717, 1.165) is 26.2 Å². The zero-order valence-corrected chi connectivity index (χ0v) is 24.1. The van der Waals surface area contributed by atoms with Crippen molar-refractivity contribution in [3.8, 4) is 0 Å². The van der Waals surface area contributed by atoms with Crippen molar-refractivity contribution in [2.45, 2.75) is 91.4 Å². The lowest BCUT2D eigenvalue weighted by Gasteiger charge is -2.43. The van der Waals surface area contributed by atoms with Gasteiger partial charge in [0.05, 0.1) is 0 Å². The van der Waals surface area contributed by atoms with Crippen LogP contribution in [0.3, 0.4) is 0 Å². The third kappa shape index (κ3) is 5.77. The molecule has 2 aromatic carbocycles. The van der Waals surface area contributed by atoms with E-state index >= 15 is 0 Å². The van der Waals surface area contributed by atoms with Crippen LogP contribution in [-0.4, -0.2) is 82.5 Å². The fourth-order valence-corrected chi connectivity index (χ4v) is 6.50. The van der Waals surface area contributed by atoms with Crippen LogP contribution in [0, 0.1) is 0 Å². The van der Waals surface area contributed by atoms with Gasteiger partial charge in [-0.3, -0.25) is 0 Å². The monoisotopic (exact) mass is 486 g/mol. The Labute approximate surface area is 222 Å². The molecule has 0 amide bonds. The summed E-state index contributed by atoms with van der Waals surface area (Å²) in [5.74, 6) is 0. The molecule has 4 nitrogen and oxygen atoms in total. The molecule has 2 aromatic rings. The number of benzene rings is 2. The summed E-state index contributed by atoms with van der Waals surface area (Å²) < 4.78 is 0. The van der Waals surface area contributed by atoms with Crippen LogP contribution in [0.4, 0.5) is 0 Å². The second-order valence-corrected chi connectivity index (χ2v) is 12.9. The highest BCUT2D eigenvalue weighted by Crippen LogP contribution is 2.32. The molecule has 0 aliphatic carbocycles. The Hall–Kier alpha value is -1.59. The summed E-state index contributed by atoms with van der Waals surface area (Å²) in [6, 6.07) is 23.4. The topological polar surface area (TPSA) is 13.0 Å². The molecule has 0 aromatic heterocycles. The fraction of sp³-hybridized carbons (Fsp3) is 0.600. The molecule has 6 heteroatoms. The number of rotatable bonds is 8. The fourth-order valence-electron chi connectivity index (χ4n) is 6.50. The Bertz CT molecular complexity index is 960. The van der Waals surface area contributed by atoms with E-state index in [1.54, 1.807) is 0 Å². The maximum absolute atomic E-state index is 2.78. The second kappa shape index (κ2) is 11.0. The first-order chi connectivity index (χ1) is 17.0. The van der Waals surface area contributed by atoms with Gasteiger partial charge >= 0.3 is 14.0 Å². The van der Waals surface area contributed by atoms with Gasteiger partial charge in [0.1, 0.15) is 0 Å². The molecule has 2 saturated heterocycles. The average Bonchev–Trinajstić information content (AvgIpc) is 3.49. The lowest BCUT2D eigenvalue weighted by molar-refractivity contribution is 0.205. The highest BCUT2D eigenvalue weighted by atomic mass is 15.3. The highest BCUT2D eigenvalue weighted by molar-refractivity contribution is 6.69. The van der Waals surface area contributed by atoms with Gasteiger partial charge < -0.3 is 19.2 Å². The lowest BCUT2D eigenvalue weighted by Crippen LogP contribution is -2.63. The van der Waals surface area contributed by atoms with Crippen LogP contribution < -0.4 is 10.9 Å². The minimum atomic E-state index is 0.120. The molecule has 1 unspecified atom stereocenters. The Morgan fingerprint density at radius 2 is 1.17 bits per heavy atom. The number of nitrogens with zero attached hydrogens (tertiary/aromatic N) is 4. The first kappa shape index (κ1) is 27.4. The Morgan fingerprint density at radius 3 is 1.69 bits per heavy atom. The predicted molar refractivity (Wildman–Crippen MR) is 158 cm³/mol. The van der Waals surface area contributed by atoms with Crippen LogP contribution in [0.25, 0.3) is 0 Å². The van der Waals surface area contributed by atoms with Crippen LogP contribution >= 0.6 is 0 Å². The maximum atomic E-state index is 2.78. The minimum absolute atomic E-state index is 0.120. The largest absolute Gasteiger partial charge is 0.347 e. The van der Waals surface area contributed by atoms with Crippen LogP contribution in [0.15, 0.2) is 60.7 Å². The predicted octanol–water partition coefficient (Wildman–Crippen LogP) is 4.17. The van der Waals surface area contributed by atoms with Crippen molar-refractivity contribution in [2.75, 3.05) is 26.2 Å². The van der Waals surface area contributed by atoms with Crippen molar-refractivity contribution < 1.29 is 0 Å². The van der Waals surface area contributed by atoms with E-state index in [2.05, 4.69) is 135 Å². The van der Waals surface area contributed by atoms with Crippen molar-refractivity contribution in [3.63, 3.8) is 0 Å². The molecule has 2 aliphatic rings. The molecule has 0 saturated carbocycles. The highest BCUT2D eigenvalue weighted by Gasteiger charge is 2.48. The lowest BCUT2D eigenvalue weighted by atomic mass is 9.61. The smallest absolute Gasteiger partial charge is 0.321 e. The third-order valence-electron chi connectivity index (χ3n) is 8.65. The van der Waals surface area contributed by atoms with Crippen LogP contribution in [-0.2, 0) is 0 Å². The van der Waals surface area contributed by atoms with E-state index in [1.807, 2.05) is 0 Å². The first-order valence-corrected chi connectivity index (χ1v) is 14.2. The normalized spacial score (nSPS) is 20.1. The van der Waals surface area contributed by atoms with Crippen molar-refractivity contribution in [1.29, 1.82) is 0 Å². The van der Waals surface area contributed by atoms with E-state index in [1.165, 1.54) is 23.8 Å². The zero-order valence-electron chi connectivity index (χ0n) is 24.1. The minimum Gasteiger partial charge on any atom is -0.321 e. The third-order valence-corrected chi connectivity index (χ3v) is 8.65. The van der Waals surface area contributed by atoms with Gasteiger partial charge in [-0.2, -0.15) is 0 Å². The van der Waals surface area contributed by atoms with E-state index in [9.17, 15) is 0 Å². The Balaban J connectivity index is 1.50. The van der Waals surface area contributed by atoms with Gasteiger partial charge in [-0.05, 0) is 70.5 Å². The molecule has 4 rings (SSSR count). The van der Waals surface area contributed by atoms with Gasteiger partial charge in [0, 0.05) is 37.3 Å². The quantitative estimate of drug-likeness (QED) is 0.520. The second-order valence-electron chi connectivity index (χ2n) is 12.9. The SMILES string of the molecule is CC(C)N1CCN(C(C)CCC(C)(C)N2CCN(C(C)(C)C)B2c2ccccc2)B1c1ccccc1. The summed E-state index contributed by atoms with van der Waals surface area (Å²) in [6.07, 6.45) is 2.39. The van der Waals surface area contributed by atoms with E-state index in [4.69, 9.17) is 0 Å². The molecule has 2 aliphatic heterocycles. The molecular formula is C30H48B2N4. The Morgan fingerprint density at radius 1 is 0.667 bits per heavy atom. The number of hydrogen-bond acceptors (Lipinski definition) is 4. The summed E-state index contributed by atoms with van der Waals surface area (Å²) in [7, 11) is 0. The number of hydrogen-bond donors (Lipinski definition) is 0. The van der Waals surface area contributed by atoms with E-state index in [-0.39, 0.29) is 11.1 Å². The molecule has 1 atom stereocenters. The Kier molecular flexibility index (Phi) is 8.41. The summed E-state index contributed by atoms with van der Waals surface area (Å²) in [4.78, 5) is 10.9. The molecule has 0 N–H and O–H groups in total. The van der Waals surface area contributed by atoms with Crippen molar-refractivity contribution in [1.82, 2.24) is 19.2 Å². The summed E-state index contributed by atoms with van der Waals surface area (Å²) in [5, 5.41) is 0.